The van der Waals surface area contributed by atoms with Gasteiger partial charge >= 0.3 is 5.97 Å². The van der Waals surface area contributed by atoms with Gasteiger partial charge in [0.05, 0.1) is 11.1 Å². The molecule has 20 heavy (non-hydrogen) atoms. The summed E-state index contributed by atoms with van der Waals surface area (Å²) in [6, 6.07) is 1.12. The van der Waals surface area contributed by atoms with Gasteiger partial charge in [-0.05, 0) is 26.2 Å². The molecule has 0 aromatic carbocycles. The lowest BCUT2D eigenvalue weighted by atomic mass is 9.88. The molecule has 0 spiro atoms. The van der Waals surface area contributed by atoms with Crippen LogP contribution in [0.25, 0.3) is 0 Å². The van der Waals surface area contributed by atoms with Crippen molar-refractivity contribution < 1.29 is 19.6 Å². The first-order valence-electron chi connectivity index (χ1n) is 6.24. The average Bonchev–Trinajstić information content (AvgIpc) is 2.88. The number of carbonyl (C=O) groups is 2. The highest BCUT2D eigenvalue weighted by Crippen LogP contribution is 2.30. The molecule has 8 nitrogen and oxygen atoms in total. The molecular formula is C12H15N3O5. The van der Waals surface area contributed by atoms with Crippen LogP contribution in [-0.2, 0) is 4.79 Å². The zero-order chi connectivity index (χ0) is 14.9. The quantitative estimate of drug-likeness (QED) is 0.641. The van der Waals surface area contributed by atoms with Gasteiger partial charge in [0.2, 0.25) is 0 Å². The summed E-state index contributed by atoms with van der Waals surface area (Å²) in [6.07, 6.45) is 2.95. The third-order valence-corrected chi connectivity index (χ3v) is 3.71. The van der Waals surface area contributed by atoms with Gasteiger partial charge in [-0.1, -0.05) is 0 Å². The van der Waals surface area contributed by atoms with E-state index in [0.29, 0.717) is 13.0 Å². The summed E-state index contributed by atoms with van der Waals surface area (Å²) in [5, 5.41) is 20.0. The number of piperidine rings is 1. The topological polar surface area (TPSA) is 117 Å². The number of H-pyrrole nitrogens is 1. The summed E-state index contributed by atoms with van der Waals surface area (Å²) in [4.78, 5) is 37.6. The number of aliphatic carboxylic acids is 1. The highest BCUT2D eigenvalue weighted by atomic mass is 16.6. The molecule has 1 atom stereocenters. The van der Waals surface area contributed by atoms with Gasteiger partial charge in [0.1, 0.15) is 11.2 Å². The van der Waals surface area contributed by atoms with E-state index in [1.807, 2.05) is 0 Å². The Morgan fingerprint density at radius 3 is 2.75 bits per heavy atom. The molecule has 0 bridgehead atoms. The standard InChI is InChI=1S/C12H15N3O5/c1-12(11(17)18)4-2-3-5-14(12)10(16)9-6-8(7-13-9)15(19)20/h6-7,13H,2-5H2,1H3,(H,17,18). The number of hydrogen-bond acceptors (Lipinski definition) is 4. The van der Waals surface area contributed by atoms with Crippen LogP contribution in [-0.4, -0.2) is 43.9 Å². The van der Waals surface area contributed by atoms with Gasteiger partial charge in [0.25, 0.3) is 11.6 Å². The molecule has 2 N–H and O–H groups in total. The number of rotatable bonds is 3. The maximum atomic E-state index is 12.4. The number of aromatic amines is 1. The van der Waals surface area contributed by atoms with Crippen LogP contribution >= 0.6 is 0 Å². The van der Waals surface area contributed by atoms with Gasteiger partial charge in [-0.3, -0.25) is 14.9 Å². The highest BCUT2D eigenvalue weighted by molar-refractivity contribution is 5.97. The molecular weight excluding hydrogens is 266 g/mol. The molecule has 108 valence electrons. The number of aromatic nitrogens is 1. The van der Waals surface area contributed by atoms with E-state index in [1.54, 1.807) is 0 Å². The summed E-state index contributed by atoms with van der Waals surface area (Å²) >= 11 is 0. The Bertz CT molecular complexity index is 567. The Morgan fingerprint density at radius 2 is 2.20 bits per heavy atom. The molecule has 1 aromatic heterocycles. The minimum absolute atomic E-state index is 0.0334. The number of nitro groups is 1. The van der Waals surface area contributed by atoms with Gasteiger partial charge in [-0.25, -0.2) is 4.79 Å². The maximum Gasteiger partial charge on any atom is 0.329 e. The summed E-state index contributed by atoms with van der Waals surface area (Å²) < 4.78 is 0. The average molecular weight is 281 g/mol. The fraction of sp³-hybridized carbons (Fsp3) is 0.500. The van der Waals surface area contributed by atoms with E-state index < -0.39 is 22.3 Å². The lowest BCUT2D eigenvalue weighted by Crippen LogP contribution is -2.57. The van der Waals surface area contributed by atoms with Gasteiger partial charge < -0.3 is 15.0 Å². The van der Waals surface area contributed by atoms with Crippen molar-refractivity contribution in [3.63, 3.8) is 0 Å². The number of carboxylic acids is 1. The smallest absolute Gasteiger partial charge is 0.329 e. The number of carboxylic acid groups (broad SMARTS) is 1. The van der Waals surface area contributed by atoms with Crippen molar-refractivity contribution in [3.8, 4) is 0 Å². The first-order valence-corrected chi connectivity index (χ1v) is 6.24. The number of hydrogen-bond donors (Lipinski definition) is 2. The first-order chi connectivity index (χ1) is 9.36. The van der Waals surface area contributed by atoms with E-state index in [2.05, 4.69) is 4.98 Å². The van der Waals surface area contributed by atoms with Crippen LogP contribution in [0.15, 0.2) is 12.3 Å². The zero-order valence-corrected chi connectivity index (χ0v) is 11.0. The normalized spacial score (nSPS) is 22.6. The van der Waals surface area contributed by atoms with Gasteiger partial charge in [-0.2, -0.15) is 0 Å². The van der Waals surface area contributed by atoms with Crippen LogP contribution in [0.2, 0.25) is 0 Å². The Labute approximate surface area is 114 Å². The fourth-order valence-corrected chi connectivity index (χ4v) is 2.43. The number of nitrogens with one attached hydrogen (secondary N) is 1. The second-order valence-electron chi connectivity index (χ2n) is 5.02. The number of amides is 1. The van der Waals surface area contributed by atoms with Crippen LogP contribution in [0, 0.1) is 10.1 Å². The van der Waals surface area contributed by atoms with E-state index >= 15 is 0 Å². The summed E-state index contributed by atoms with van der Waals surface area (Å²) in [5.74, 6) is -1.59. The Balaban J connectivity index is 2.30. The Morgan fingerprint density at radius 1 is 1.50 bits per heavy atom. The fourth-order valence-electron chi connectivity index (χ4n) is 2.43. The largest absolute Gasteiger partial charge is 0.480 e. The van der Waals surface area contributed by atoms with Crippen LogP contribution < -0.4 is 0 Å². The van der Waals surface area contributed by atoms with Crippen molar-refractivity contribution in [3.05, 3.63) is 28.1 Å². The molecule has 1 aliphatic rings. The van der Waals surface area contributed by atoms with Crippen molar-refractivity contribution in [1.82, 2.24) is 9.88 Å². The van der Waals surface area contributed by atoms with Crippen molar-refractivity contribution >= 4 is 17.6 Å². The molecule has 1 amide bonds. The minimum Gasteiger partial charge on any atom is -0.480 e. The van der Waals surface area contributed by atoms with Gasteiger partial charge in [-0.15, -0.1) is 0 Å². The van der Waals surface area contributed by atoms with Gasteiger partial charge in [0.15, 0.2) is 0 Å². The predicted octanol–water partition coefficient (Wildman–Crippen LogP) is 1.39. The molecule has 1 unspecified atom stereocenters. The molecule has 1 aliphatic heterocycles. The van der Waals surface area contributed by atoms with Crippen molar-refractivity contribution in [2.45, 2.75) is 31.7 Å². The lowest BCUT2D eigenvalue weighted by molar-refractivity contribution is -0.384. The zero-order valence-electron chi connectivity index (χ0n) is 11.0. The predicted molar refractivity (Wildman–Crippen MR) is 68.4 cm³/mol. The first kappa shape index (κ1) is 14.0. The maximum absolute atomic E-state index is 12.4. The number of likely N-dealkylation sites (tertiary alicyclic amines) is 1. The molecule has 1 fully saturated rings. The van der Waals surface area contributed by atoms with E-state index in [0.717, 1.165) is 25.1 Å². The molecule has 0 radical (unpaired) electrons. The molecule has 1 saturated heterocycles. The van der Waals surface area contributed by atoms with E-state index in [-0.39, 0.29) is 11.4 Å². The van der Waals surface area contributed by atoms with Gasteiger partial charge in [0, 0.05) is 12.6 Å². The Kier molecular flexibility index (Phi) is 3.47. The van der Waals surface area contributed by atoms with E-state index in [4.69, 9.17) is 0 Å². The molecule has 0 saturated carbocycles. The SMILES string of the molecule is CC1(C(=O)O)CCCCN1C(=O)c1cc([N+](=O)[O-])c[nH]1. The molecule has 8 heteroatoms. The van der Waals surface area contributed by atoms with Crippen LogP contribution in [0.1, 0.15) is 36.7 Å². The third-order valence-electron chi connectivity index (χ3n) is 3.71. The van der Waals surface area contributed by atoms with Crippen molar-refractivity contribution in [2.24, 2.45) is 0 Å². The minimum atomic E-state index is -1.27. The van der Waals surface area contributed by atoms with Crippen molar-refractivity contribution in [1.29, 1.82) is 0 Å². The summed E-state index contributed by atoms with van der Waals surface area (Å²) in [6.45, 7) is 1.83. The Hall–Kier alpha value is -2.38. The monoisotopic (exact) mass is 281 g/mol. The molecule has 0 aliphatic carbocycles. The molecule has 1 aromatic rings. The van der Waals surface area contributed by atoms with E-state index in [9.17, 15) is 24.8 Å². The second-order valence-corrected chi connectivity index (χ2v) is 5.02. The van der Waals surface area contributed by atoms with Crippen molar-refractivity contribution in [2.75, 3.05) is 6.54 Å². The lowest BCUT2D eigenvalue weighted by Gasteiger charge is -2.41. The molecule has 2 rings (SSSR count). The van der Waals surface area contributed by atoms with Crippen LogP contribution in [0.5, 0.6) is 0 Å². The second kappa shape index (κ2) is 4.95. The summed E-state index contributed by atoms with van der Waals surface area (Å²) in [5.41, 5.74) is -1.46. The third kappa shape index (κ3) is 2.24. The number of carbonyl (C=O) groups excluding carboxylic acids is 1. The molecule has 2 heterocycles. The summed E-state index contributed by atoms with van der Waals surface area (Å²) in [7, 11) is 0. The van der Waals surface area contributed by atoms with E-state index in [1.165, 1.54) is 11.8 Å². The van der Waals surface area contributed by atoms with Crippen LogP contribution in [0.4, 0.5) is 5.69 Å². The highest BCUT2D eigenvalue weighted by Gasteiger charge is 2.44. The number of nitrogens with zero attached hydrogens (tertiary/aromatic N) is 2. The van der Waals surface area contributed by atoms with Crippen LogP contribution in [0.3, 0.4) is 0 Å².